The maximum absolute atomic E-state index is 12.5. The summed E-state index contributed by atoms with van der Waals surface area (Å²) >= 11 is 0. The molecule has 0 bridgehead atoms. The second-order valence-corrected chi connectivity index (χ2v) is 5.18. The smallest absolute Gasteiger partial charge is 0.257 e. The van der Waals surface area contributed by atoms with E-state index in [4.69, 9.17) is 0 Å². The van der Waals surface area contributed by atoms with Crippen molar-refractivity contribution in [2.75, 3.05) is 7.05 Å². The van der Waals surface area contributed by atoms with Gasteiger partial charge in [-0.1, -0.05) is 6.92 Å². The summed E-state index contributed by atoms with van der Waals surface area (Å²) in [5, 5.41) is 7.14. The molecule has 1 N–H and O–H groups in total. The predicted octanol–water partition coefficient (Wildman–Crippen LogP) is 2.21. The zero-order valence-corrected chi connectivity index (χ0v) is 13.1. The van der Waals surface area contributed by atoms with Crippen LogP contribution in [-0.2, 0) is 6.42 Å². The Labute approximate surface area is 124 Å². The highest BCUT2D eigenvalue weighted by Gasteiger charge is 2.23. The third-order valence-electron chi connectivity index (χ3n) is 3.77. The Bertz CT molecular complexity index is 613. The van der Waals surface area contributed by atoms with E-state index in [9.17, 15) is 4.79 Å². The van der Waals surface area contributed by atoms with E-state index in [0.717, 1.165) is 29.2 Å². The number of nitrogens with zero attached hydrogens (tertiary/aromatic N) is 4. The van der Waals surface area contributed by atoms with Crippen molar-refractivity contribution in [3.05, 3.63) is 40.7 Å². The van der Waals surface area contributed by atoms with E-state index in [2.05, 4.69) is 20.2 Å². The molecule has 1 unspecified atom stereocenters. The van der Waals surface area contributed by atoms with Crippen molar-refractivity contribution in [2.45, 2.75) is 40.2 Å². The van der Waals surface area contributed by atoms with Crippen molar-refractivity contribution < 1.29 is 4.79 Å². The van der Waals surface area contributed by atoms with Gasteiger partial charge in [0.25, 0.3) is 5.91 Å². The van der Waals surface area contributed by atoms with Gasteiger partial charge < -0.3 is 4.90 Å². The van der Waals surface area contributed by atoms with Crippen LogP contribution in [0, 0.1) is 13.8 Å². The second kappa shape index (κ2) is 6.03. The lowest BCUT2D eigenvalue weighted by Gasteiger charge is -2.25. The Balaban J connectivity index is 2.22. The highest BCUT2D eigenvalue weighted by Crippen LogP contribution is 2.25. The van der Waals surface area contributed by atoms with Gasteiger partial charge in [-0.2, -0.15) is 5.10 Å². The summed E-state index contributed by atoms with van der Waals surface area (Å²) in [6, 6.07) is -0.0675. The lowest BCUT2D eigenvalue weighted by Crippen LogP contribution is -2.30. The topological polar surface area (TPSA) is 74.8 Å². The van der Waals surface area contributed by atoms with E-state index < -0.39 is 0 Å². The molecule has 1 atom stereocenters. The highest BCUT2D eigenvalue weighted by molar-refractivity contribution is 5.93. The fraction of sp³-hybridized carbons (Fsp3) is 0.467. The van der Waals surface area contributed by atoms with Gasteiger partial charge in [0.1, 0.15) is 5.82 Å². The molecule has 0 fully saturated rings. The molecular weight excluding hydrogens is 266 g/mol. The van der Waals surface area contributed by atoms with Crippen LogP contribution < -0.4 is 0 Å². The molecule has 0 aliphatic rings. The molecule has 0 aliphatic heterocycles. The van der Waals surface area contributed by atoms with Crippen LogP contribution in [0.1, 0.15) is 53.0 Å². The van der Waals surface area contributed by atoms with Crippen molar-refractivity contribution in [1.82, 2.24) is 25.1 Å². The maximum Gasteiger partial charge on any atom is 0.257 e. The van der Waals surface area contributed by atoms with Crippen LogP contribution in [0.5, 0.6) is 0 Å². The largest absolute Gasteiger partial charge is 0.335 e. The molecule has 0 aliphatic carbocycles. The SMILES string of the molecule is CCc1ncc(C(=O)N(C)C(C)c2c(C)n[nH]c2C)cn1. The lowest BCUT2D eigenvalue weighted by atomic mass is 10.0. The van der Waals surface area contributed by atoms with E-state index in [-0.39, 0.29) is 11.9 Å². The number of aryl methyl sites for hydroxylation is 3. The summed E-state index contributed by atoms with van der Waals surface area (Å²) in [6.07, 6.45) is 3.94. The first-order valence-corrected chi connectivity index (χ1v) is 7.05. The Morgan fingerprint density at radius 3 is 2.43 bits per heavy atom. The number of carbonyl (C=O) groups is 1. The molecule has 0 spiro atoms. The minimum atomic E-state index is -0.0925. The summed E-state index contributed by atoms with van der Waals surface area (Å²) in [6.45, 7) is 7.87. The summed E-state index contributed by atoms with van der Waals surface area (Å²) in [4.78, 5) is 22.6. The molecule has 2 heterocycles. The molecule has 2 aromatic rings. The van der Waals surface area contributed by atoms with E-state index in [0.29, 0.717) is 5.56 Å². The van der Waals surface area contributed by atoms with Crippen molar-refractivity contribution >= 4 is 5.91 Å². The molecule has 1 amide bonds. The van der Waals surface area contributed by atoms with Gasteiger partial charge in [0, 0.05) is 37.1 Å². The molecule has 21 heavy (non-hydrogen) atoms. The van der Waals surface area contributed by atoms with Crippen molar-refractivity contribution in [2.24, 2.45) is 0 Å². The third-order valence-corrected chi connectivity index (χ3v) is 3.77. The first-order valence-electron chi connectivity index (χ1n) is 7.05. The fourth-order valence-corrected chi connectivity index (χ4v) is 2.40. The molecule has 2 rings (SSSR count). The zero-order chi connectivity index (χ0) is 15.6. The maximum atomic E-state index is 12.5. The number of rotatable bonds is 4. The molecular formula is C15H21N5O. The van der Waals surface area contributed by atoms with Crippen LogP contribution >= 0.6 is 0 Å². The number of nitrogens with one attached hydrogen (secondary N) is 1. The molecule has 2 aromatic heterocycles. The monoisotopic (exact) mass is 287 g/mol. The van der Waals surface area contributed by atoms with Gasteiger partial charge in [0.2, 0.25) is 0 Å². The molecule has 0 aromatic carbocycles. The number of aromatic nitrogens is 4. The second-order valence-electron chi connectivity index (χ2n) is 5.18. The molecule has 112 valence electrons. The third kappa shape index (κ3) is 2.94. The first-order chi connectivity index (χ1) is 9.95. The molecule has 0 saturated carbocycles. The fourth-order valence-electron chi connectivity index (χ4n) is 2.40. The molecule has 0 saturated heterocycles. The van der Waals surface area contributed by atoms with Crippen molar-refractivity contribution in [3.8, 4) is 0 Å². The molecule has 6 nitrogen and oxygen atoms in total. The average molecular weight is 287 g/mol. The standard InChI is InChI=1S/C15H21N5O/c1-6-13-16-7-12(8-17-13)15(21)20(5)11(4)14-9(2)18-19-10(14)3/h7-8,11H,6H2,1-5H3,(H,18,19). The summed E-state index contributed by atoms with van der Waals surface area (Å²) in [5.41, 5.74) is 3.45. The van der Waals surface area contributed by atoms with Crippen molar-refractivity contribution in [3.63, 3.8) is 0 Å². The summed E-state index contributed by atoms with van der Waals surface area (Å²) in [7, 11) is 1.78. The van der Waals surface area contributed by atoms with E-state index >= 15 is 0 Å². The Hall–Kier alpha value is -2.24. The number of carbonyl (C=O) groups excluding carboxylic acids is 1. The molecule has 0 radical (unpaired) electrons. The molecule has 6 heteroatoms. The van der Waals surface area contributed by atoms with E-state index in [1.807, 2.05) is 27.7 Å². The van der Waals surface area contributed by atoms with Gasteiger partial charge in [-0.25, -0.2) is 9.97 Å². The van der Waals surface area contributed by atoms with Gasteiger partial charge >= 0.3 is 0 Å². The highest BCUT2D eigenvalue weighted by atomic mass is 16.2. The van der Waals surface area contributed by atoms with E-state index in [1.165, 1.54) is 0 Å². The van der Waals surface area contributed by atoms with E-state index in [1.54, 1.807) is 24.3 Å². The van der Waals surface area contributed by atoms with Crippen LogP contribution in [0.4, 0.5) is 0 Å². The van der Waals surface area contributed by atoms with Gasteiger partial charge in [-0.3, -0.25) is 9.89 Å². The minimum Gasteiger partial charge on any atom is -0.335 e. The number of hydrogen-bond acceptors (Lipinski definition) is 4. The summed E-state index contributed by atoms with van der Waals surface area (Å²) in [5.74, 6) is 0.647. The normalized spacial score (nSPS) is 12.2. The van der Waals surface area contributed by atoms with Gasteiger partial charge in [-0.15, -0.1) is 0 Å². The quantitative estimate of drug-likeness (QED) is 0.935. The first kappa shape index (κ1) is 15.2. The van der Waals surface area contributed by atoms with Crippen LogP contribution in [0.25, 0.3) is 0 Å². The van der Waals surface area contributed by atoms with Crippen LogP contribution in [0.3, 0.4) is 0 Å². The van der Waals surface area contributed by atoms with Crippen LogP contribution in [-0.4, -0.2) is 38.0 Å². The predicted molar refractivity (Wildman–Crippen MR) is 80.0 cm³/mol. The van der Waals surface area contributed by atoms with Crippen LogP contribution in [0.2, 0.25) is 0 Å². The lowest BCUT2D eigenvalue weighted by molar-refractivity contribution is 0.0741. The Morgan fingerprint density at radius 2 is 1.95 bits per heavy atom. The number of H-pyrrole nitrogens is 1. The van der Waals surface area contributed by atoms with Crippen LogP contribution in [0.15, 0.2) is 12.4 Å². The van der Waals surface area contributed by atoms with Crippen molar-refractivity contribution in [1.29, 1.82) is 0 Å². The average Bonchev–Trinajstić information content (AvgIpc) is 2.84. The number of hydrogen-bond donors (Lipinski definition) is 1. The zero-order valence-electron chi connectivity index (χ0n) is 13.1. The Kier molecular flexibility index (Phi) is 4.35. The number of amides is 1. The minimum absolute atomic E-state index is 0.0675. The van der Waals surface area contributed by atoms with Gasteiger partial charge in [0.05, 0.1) is 17.3 Å². The number of aromatic amines is 1. The summed E-state index contributed by atoms with van der Waals surface area (Å²) < 4.78 is 0. The Morgan fingerprint density at radius 1 is 1.33 bits per heavy atom. The van der Waals surface area contributed by atoms with Gasteiger partial charge in [-0.05, 0) is 20.8 Å². The van der Waals surface area contributed by atoms with Gasteiger partial charge in [0.15, 0.2) is 0 Å².